The minimum atomic E-state index is -0.0410. The van der Waals surface area contributed by atoms with Crippen LogP contribution in [0.25, 0.3) is 0 Å². The molecule has 4 aliphatic rings. The van der Waals surface area contributed by atoms with Crippen molar-refractivity contribution in [1.82, 2.24) is 20.1 Å². The minimum absolute atomic E-state index is 0.0266. The highest BCUT2D eigenvalue weighted by atomic mass is 16.2. The lowest BCUT2D eigenvalue weighted by Gasteiger charge is -2.60. The molecular formula is C21H31N5O. The first-order chi connectivity index (χ1) is 13.1. The summed E-state index contributed by atoms with van der Waals surface area (Å²) in [6.45, 7) is 10.4. The number of amides is 1. The molecule has 1 N–H and O–H groups in total. The average molecular weight is 370 g/mol. The van der Waals surface area contributed by atoms with Crippen LogP contribution in [0.4, 0.5) is 0 Å². The number of carbonyl (C=O) groups is 1. The molecule has 0 aliphatic carbocycles. The summed E-state index contributed by atoms with van der Waals surface area (Å²) < 4.78 is 0. The second kappa shape index (κ2) is 7.70. The zero-order valence-corrected chi connectivity index (χ0v) is 16.6. The first kappa shape index (κ1) is 18.6. The van der Waals surface area contributed by atoms with E-state index < -0.39 is 0 Å². The van der Waals surface area contributed by atoms with E-state index in [1.807, 2.05) is 0 Å². The second-order valence-electron chi connectivity index (χ2n) is 8.51. The third kappa shape index (κ3) is 3.93. The van der Waals surface area contributed by atoms with Gasteiger partial charge in [-0.05, 0) is 18.9 Å². The van der Waals surface area contributed by atoms with E-state index in [9.17, 15) is 4.79 Å². The van der Waals surface area contributed by atoms with Gasteiger partial charge in [0.1, 0.15) is 0 Å². The molecule has 6 heteroatoms. The summed E-state index contributed by atoms with van der Waals surface area (Å²) in [6.07, 6.45) is 3.69. The Morgan fingerprint density at radius 2 is 1.63 bits per heavy atom. The molecule has 4 bridgehead atoms. The number of hydrogen-bond donors (Lipinski definition) is 1. The summed E-state index contributed by atoms with van der Waals surface area (Å²) in [4.78, 5) is 19.8. The average Bonchev–Trinajstić information content (AvgIpc) is 2.62. The first-order valence-electron chi connectivity index (χ1n) is 10.2. The monoisotopic (exact) mass is 369 g/mol. The molecule has 6 nitrogen and oxygen atoms in total. The van der Waals surface area contributed by atoms with E-state index in [0.717, 1.165) is 70.2 Å². The Kier molecular flexibility index (Phi) is 5.30. The molecule has 0 aromatic heterocycles. The molecule has 0 atom stereocenters. The van der Waals surface area contributed by atoms with Crippen LogP contribution in [-0.2, 0) is 4.79 Å². The molecule has 5 rings (SSSR count). The van der Waals surface area contributed by atoms with Gasteiger partial charge in [-0.1, -0.05) is 49.6 Å². The molecule has 0 unspecified atom stereocenters. The van der Waals surface area contributed by atoms with Gasteiger partial charge in [-0.15, -0.1) is 0 Å². The Balaban J connectivity index is 1.60. The van der Waals surface area contributed by atoms with Gasteiger partial charge in [-0.3, -0.25) is 19.5 Å². The lowest BCUT2D eigenvalue weighted by molar-refractivity contribution is -0.149. The van der Waals surface area contributed by atoms with E-state index in [2.05, 4.69) is 58.2 Å². The Morgan fingerprint density at radius 1 is 1.04 bits per heavy atom. The molecule has 1 amide bonds. The second-order valence-corrected chi connectivity index (χ2v) is 8.51. The lowest BCUT2D eigenvalue weighted by atomic mass is 9.74. The van der Waals surface area contributed by atoms with Crippen molar-refractivity contribution in [1.29, 1.82) is 0 Å². The fraction of sp³-hybridized carbons (Fsp3) is 0.619. The Morgan fingerprint density at radius 3 is 2.19 bits per heavy atom. The summed E-state index contributed by atoms with van der Waals surface area (Å²) in [6, 6.07) is 8.57. The molecule has 0 spiro atoms. The number of rotatable bonds is 7. The van der Waals surface area contributed by atoms with Gasteiger partial charge in [0.2, 0.25) is 5.91 Å². The van der Waals surface area contributed by atoms with Crippen LogP contribution in [-0.4, -0.2) is 66.0 Å². The van der Waals surface area contributed by atoms with Crippen molar-refractivity contribution in [2.24, 2.45) is 10.5 Å². The molecule has 0 radical (unpaired) electrons. The number of nitrogens with zero attached hydrogens (tertiary/aromatic N) is 4. The third-order valence-electron chi connectivity index (χ3n) is 5.91. The number of benzene rings is 1. The van der Waals surface area contributed by atoms with Crippen molar-refractivity contribution in [2.45, 2.75) is 39.5 Å². The molecule has 4 aliphatic heterocycles. The predicted molar refractivity (Wildman–Crippen MR) is 107 cm³/mol. The van der Waals surface area contributed by atoms with Gasteiger partial charge in [0.05, 0.1) is 31.1 Å². The standard InChI is InChI=1S/C21H31N5O/c1-3-4-5-6-19(27)22-23-20(18-9-7-17(2)8-10-18)21-11-24-14-25(12-21)16-26(13-21)15-24/h7-10H,3-6,11-16H2,1-2H3,(H,22,27)/b23-20+. The lowest BCUT2D eigenvalue weighted by Crippen LogP contribution is -2.74. The quantitative estimate of drug-likeness (QED) is 0.455. The van der Waals surface area contributed by atoms with Crippen molar-refractivity contribution >= 4 is 11.6 Å². The Labute approximate surface area is 162 Å². The van der Waals surface area contributed by atoms with Gasteiger partial charge >= 0.3 is 0 Å². The molecular weight excluding hydrogens is 338 g/mol. The predicted octanol–water partition coefficient (Wildman–Crippen LogP) is 2.20. The van der Waals surface area contributed by atoms with Gasteiger partial charge in [-0.25, -0.2) is 5.43 Å². The summed E-state index contributed by atoms with van der Waals surface area (Å²) in [5, 5.41) is 4.73. The van der Waals surface area contributed by atoms with Crippen molar-refractivity contribution in [3.05, 3.63) is 35.4 Å². The zero-order chi connectivity index (χ0) is 18.9. The van der Waals surface area contributed by atoms with Crippen LogP contribution in [0.2, 0.25) is 0 Å². The molecule has 1 aromatic carbocycles. The number of hydrazone groups is 1. The topological polar surface area (TPSA) is 51.2 Å². The third-order valence-corrected chi connectivity index (χ3v) is 5.91. The number of carbonyl (C=O) groups excluding carboxylic acids is 1. The summed E-state index contributed by atoms with van der Waals surface area (Å²) >= 11 is 0. The highest BCUT2D eigenvalue weighted by Gasteiger charge is 2.51. The summed E-state index contributed by atoms with van der Waals surface area (Å²) in [5.41, 5.74) is 6.23. The van der Waals surface area contributed by atoms with Crippen LogP contribution < -0.4 is 5.43 Å². The fourth-order valence-corrected chi connectivity index (χ4v) is 4.85. The van der Waals surface area contributed by atoms with Gasteiger partial charge in [0.15, 0.2) is 0 Å². The molecule has 4 heterocycles. The van der Waals surface area contributed by atoms with Crippen LogP contribution in [0.1, 0.15) is 43.7 Å². The van der Waals surface area contributed by atoms with Crippen LogP contribution >= 0.6 is 0 Å². The normalized spacial score (nSPS) is 31.9. The van der Waals surface area contributed by atoms with Gasteiger partial charge in [0, 0.05) is 26.1 Å². The van der Waals surface area contributed by atoms with Crippen LogP contribution in [0.3, 0.4) is 0 Å². The smallest absolute Gasteiger partial charge is 0.240 e. The minimum Gasteiger partial charge on any atom is -0.276 e. The molecule has 4 saturated heterocycles. The van der Waals surface area contributed by atoms with Crippen molar-refractivity contribution < 1.29 is 4.79 Å². The Hall–Kier alpha value is -1.76. The van der Waals surface area contributed by atoms with E-state index in [0.29, 0.717) is 6.42 Å². The maximum Gasteiger partial charge on any atom is 0.240 e. The molecule has 27 heavy (non-hydrogen) atoms. The highest BCUT2D eigenvalue weighted by molar-refractivity contribution is 6.06. The van der Waals surface area contributed by atoms with Gasteiger partial charge < -0.3 is 0 Å². The van der Waals surface area contributed by atoms with Crippen molar-refractivity contribution in [3.8, 4) is 0 Å². The van der Waals surface area contributed by atoms with Crippen molar-refractivity contribution in [3.63, 3.8) is 0 Å². The van der Waals surface area contributed by atoms with E-state index >= 15 is 0 Å². The van der Waals surface area contributed by atoms with E-state index in [4.69, 9.17) is 5.10 Å². The zero-order valence-electron chi connectivity index (χ0n) is 16.6. The fourth-order valence-electron chi connectivity index (χ4n) is 4.85. The number of hydrogen-bond acceptors (Lipinski definition) is 5. The number of unbranched alkanes of at least 4 members (excludes halogenated alkanes) is 2. The summed E-state index contributed by atoms with van der Waals surface area (Å²) in [5.74, 6) is 0.0266. The van der Waals surface area contributed by atoms with Crippen LogP contribution in [0, 0.1) is 12.3 Å². The maximum absolute atomic E-state index is 12.3. The van der Waals surface area contributed by atoms with Crippen molar-refractivity contribution in [2.75, 3.05) is 39.6 Å². The van der Waals surface area contributed by atoms with E-state index in [-0.39, 0.29) is 11.3 Å². The van der Waals surface area contributed by atoms with Crippen LogP contribution in [0.5, 0.6) is 0 Å². The highest BCUT2D eigenvalue weighted by Crippen LogP contribution is 2.38. The SMILES string of the molecule is CCCCCC(=O)N/N=C(\c1ccc(C)cc1)C12CN3CN(CN(C3)C1)C2. The molecule has 1 aromatic rings. The molecule has 4 fully saturated rings. The molecule has 0 saturated carbocycles. The largest absolute Gasteiger partial charge is 0.276 e. The Bertz CT molecular complexity index is 677. The van der Waals surface area contributed by atoms with Crippen LogP contribution in [0.15, 0.2) is 29.4 Å². The van der Waals surface area contributed by atoms with E-state index in [1.165, 1.54) is 5.56 Å². The maximum atomic E-state index is 12.3. The van der Waals surface area contributed by atoms with E-state index in [1.54, 1.807) is 0 Å². The van der Waals surface area contributed by atoms with Gasteiger partial charge in [-0.2, -0.15) is 5.10 Å². The van der Waals surface area contributed by atoms with Gasteiger partial charge in [0.25, 0.3) is 0 Å². The number of aryl methyl sites for hydroxylation is 1. The number of nitrogens with one attached hydrogen (secondary N) is 1. The molecule has 146 valence electrons. The summed E-state index contributed by atoms with van der Waals surface area (Å²) in [7, 11) is 0. The first-order valence-corrected chi connectivity index (χ1v) is 10.2.